The van der Waals surface area contributed by atoms with Crippen LogP contribution in [0.25, 0.3) is 0 Å². The fraction of sp³-hybridized carbons (Fsp3) is 0.727. The molecule has 0 saturated carbocycles. The molecule has 0 amide bonds. The average molecular weight is 208 g/mol. The van der Waals surface area contributed by atoms with Gasteiger partial charge in [-0.1, -0.05) is 13.3 Å². The van der Waals surface area contributed by atoms with Crippen LogP contribution in [0.2, 0.25) is 0 Å². The number of H-pyrrole nitrogens is 1. The predicted octanol–water partition coefficient (Wildman–Crippen LogP) is 0.814. The number of aromatic nitrogens is 2. The van der Waals surface area contributed by atoms with Crippen LogP contribution >= 0.6 is 0 Å². The molecule has 1 aliphatic heterocycles. The summed E-state index contributed by atoms with van der Waals surface area (Å²) in [6.07, 6.45) is 5.35. The number of fused-ring (bicyclic) bond motifs is 1. The van der Waals surface area contributed by atoms with Crippen molar-refractivity contribution in [3.8, 4) is 0 Å². The van der Waals surface area contributed by atoms with Crippen molar-refractivity contribution in [2.45, 2.75) is 38.8 Å². The van der Waals surface area contributed by atoms with E-state index >= 15 is 0 Å². The fourth-order valence-corrected chi connectivity index (χ4v) is 1.95. The summed E-state index contributed by atoms with van der Waals surface area (Å²) in [7, 11) is 0. The summed E-state index contributed by atoms with van der Waals surface area (Å²) in [4.78, 5) is 7.49. The number of hydrogen-bond acceptors (Lipinski definition) is 3. The zero-order valence-electron chi connectivity index (χ0n) is 9.34. The summed E-state index contributed by atoms with van der Waals surface area (Å²) in [5.41, 5.74) is 2.48. The Kier molecular flexibility index (Phi) is 3.75. The molecule has 0 bridgehead atoms. The van der Waals surface area contributed by atoms with Gasteiger partial charge in [0.25, 0.3) is 0 Å². The van der Waals surface area contributed by atoms with Crippen LogP contribution in [0.5, 0.6) is 0 Å². The SMILES string of the molecule is CCCCNCC1Cc2nc[nH]c2CN1. The summed E-state index contributed by atoms with van der Waals surface area (Å²) in [6.45, 7) is 5.32. The van der Waals surface area contributed by atoms with Crippen LogP contribution in [0.15, 0.2) is 6.33 Å². The maximum atomic E-state index is 4.33. The molecule has 0 saturated heterocycles. The van der Waals surface area contributed by atoms with Crippen molar-refractivity contribution in [1.82, 2.24) is 20.6 Å². The lowest BCUT2D eigenvalue weighted by Crippen LogP contribution is -2.43. The van der Waals surface area contributed by atoms with Gasteiger partial charge in [-0.3, -0.25) is 0 Å². The minimum atomic E-state index is 0.539. The second-order valence-corrected chi connectivity index (χ2v) is 4.17. The van der Waals surface area contributed by atoms with Crippen LogP contribution in [0.1, 0.15) is 31.2 Å². The highest BCUT2D eigenvalue weighted by atomic mass is 15.0. The zero-order valence-corrected chi connectivity index (χ0v) is 9.34. The third-order valence-electron chi connectivity index (χ3n) is 2.91. The predicted molar refractivity (Wildman–Crippen MR) is 60.7 cm³/mol. The van der Waals surface area contributed by atoms with Gasteiger partial charge in [0.15, 0.2) is 0 Å². The topological polar surface area (TPSA) is 52.7 Å². The molecule has 2 rings (SSSR count). The second kappa shape index (κ2) is 5.28. The molecule has 0 spiro atoms. The van der Waals surface area contributed by atoms with Crippen LogP contribution in [0.4, 0.5) is 0 Å². The van der Waals surface area contributed by atoms with E-state index in [0.717, 1.165) is 26.1 Å². The molecule has 0 fully saturated rings. The molecule has 15 heavy (non-hydrogen) atoms. The molecule has 1 aromatic heterocycles. The van der Waals surface area contributed by atoms with E-state index in [0.29, 0.717) is 6.04 Å². The first-order valence-electron chi connectivity index (χ1n) is 5.85. The number of imidazole rings is 1. The molecule has 1 atom stereocenters. The highest BCUT2D eigenvalue weighted by Crippen LogP contribution is 2.11. The molecule has 84 valence electrons. The average Bonchev–Trinajstić information content (AvgIpc) is 2.71. The van der Waals surface area contributed by atoms with E-state index in [1.165, 1.54) is 24.2 Å². The van der Waals surface area contributed by atoms with E-state index < -0.39 is 0 Å². The van der Waals surface area contributed by atoms with Gasteiger partial charge in [-0.2, -0.15) is 0 Å². The molecule has 0 radical (unpaired) electrons. The summed E-state index contributed by atoms with van der Waals surface area (Å²) in [5.74, 6) is 0. The fourth-order valence-electron chi connectivity index (χ4n) is 1.95. The number of rotatable bonds is 5. The van der Waals surface area contributed by atoms with Crippen molar-refractivity contribution in [2.24, 2.45) is 0 Å². The highest BCUT2D eigenvalue weighted by Gasteiger charge is 2.18. The summed E-state index contributed by atoms with van der Waals surface area (Å²) in [5, 5.41) is 6.98. The van der Waals surface area contributed by atoms with Gasteiger partial charge in [0, 0.05) is 25.6 Å². The minimum Gasteiger partial charge on any atom is -0.347 e. The number of hydrogen-bond donors (Lipinski definition) is 3. The van der Waals surface area contributed by atoms with Gasteiger partial charge < -0.3 is 15.6 Å². The lowest BCUT2D eigenvalue weighted by Gasteiger charge is -2.23. The molecule has 4 nitrogen and oxygen atoms in total. The molecular weight excluding hydrogens is 188 g/mol. The van der Waals surface area contributed by atoms with Crippen molar-refractivity contribution in [3.63, 3.8) is 0 Å². The smallest absolute Gasteiger partial charge is 0.0925 e. The summed E-state index contributed by atoms with van der Waals surface area (Å²) >= 11 is 0. The summed E-state index contributed by atoms with van der Waals surface area (Å²) < 4.78 is 0. The van der Waals surface area contributed by atoms with Gasteiger partial charge in [0.2, 0.25) is 0 Å². The van der Waals surface area contributed by atoms with Crippen LogP contribution in [0.3, 0.4) is 0 Å². The Morgan fingerprint density at radius 3 is 3.40 bits per heavy atom. The van der Waals surface area contributed by atoms with Gasteiger partial charge in [0.05, 0.1) is 17.7 Å². The molecule has 0 aromatic carbocycles. The minimum absolute atomic E-state index is 0.539. The number of aromatic amines is 1. The van der Waals surface area contributed by atoms with E-state index in [1.807, 2.05) is 0 Å². The number of nitrogens with zero attached hydrogens (tertiary/aromatic N) is 1. The third-order valence-corrected chi connectivity index (χ3v) is 2.91. The molecule has 3 N–H and O–H groups in total. The largest absolute Gasteiger partial charge is 0.347 e. The molecule has 2 heterocycles. The Morgan fingerprint density at radius 2 is 2.53 bits per heavy atom. The molecule has 1 aromatic rings. The quantitative estimate of drug-likeness (QED) is 0.628. The molecule has 1 aliphatic rings. The maximum absolute atomic E-state index is 4.33. The standard InChI is InChI=1S/C11H20N4/c1-2-3-4-12-6-9-5-10-11(7-13-9)15-8-14-10/h8-9,12-13H,2-7H2,1H3,(H,14,15). The van der Waals surface area contributed by atoms with Gasteiger partial charge in [-0.15, -0.1) is 0 Å². The van der Waals surface area contributed by atoms with E-state index in [4.69, 9.17) is 0 Å². The number of unbranched alkanes of at least 4 members (excludes halogenated alkanes) is 1. The van der Waals surface area contributed by atoms with Gasteiger partial charge in [-0.25, -0.2) is 4.98 Å². The summed E-state index contributed by atoms with van der Waals surface area (Å²) in [6, 6.07) is 0.539. The lowest BCUT2D eigenvalue weighted by atomic mass is 10.1. The van der Waals surface area contributed by atoms with Crippen LogP contribution in [0, 0.1) is 0 Å². The van der Waals surface area contributed by atoms with E-state index in [1.54, 1.807) is 6.33 Å². The molecule has 1 unspecified atom stereocenters. The Hall–Kier alpha value is -0.870. The van der Waals surface area contributed by atoms with Crippen LogP contribution in [-0.2, 0) is 13.0 Å². The normalized spacial score (nSPS) is 20.2. The molecule has 0 aliphatic carbocycles. The third kappa shape index (κ3) is 2.79. The zero-order chi connectivity index (χ0) is 10.5. The van der Waals surface area contributed by atoms with Gasteiger partial charge >= 0.3 is 0 Å². The van der Waals surface area contributed by atoms with Gasteiger partial charge in [-0.05, 0) is 13.0 Å². The van der Waals surface area contributed by atoms with Crippen molar-refractivity contribution in [1.29, 1.82) is 0 Å². The second-order valence-electron chi connectivity index (χ2n) is 4.17. The monoisotopic (exact) mass is 208 g/mol. The molecule has 4 heteroatoms. The Balaban J connectivity index is 1.73. The van der Waals surface area contributed by atoms with E-state index in [-0.39, 0.29) is 0 Å². The van der Waals surface area contributed by atoms with Crippen LogP contribution < -0.4 is 10.6 Å². The molecular formula is C11H20N4. The Bertz CT molecular complexity index is 295. The maximum Gasteiger partial charge on any atom is 0.0925 e. The first-order chi connectivity index (χ1) is 7.40. The first kappa shape index (κ1) is 10.6. The Morgan fingerprint density at radius 1 is 1.60 bits per heavy atom. The van der Waals surface area contributed by atoms with Gasteiger partial charge in [0.1, 0.15) is 0 Å². The lowest BCUT2D eigenvalue weighted by molar-refractivity contribution is 0.439. The van der Waals surface area contributed by atoms with Crippen molar-refractivity contribution < 1.29 is 0 Å². The first-order valence-corrected chi connectivity index (χ1v) is 5.85. The van der Waals surface area contributed by atoms with Crippen LogP contribution in [-0.4, -0.2) is 29.1 Å². The van der Waals surface area contributed by atoms with Crippen molar-refractivity contribution >= 4 is 0 Å². The highest BCUT2D eigenvalue weighted by molar-refractivity contribution is 5.15. The van der Waals surface area contributed by atoms with Crippen molar-refractivity contribution in [3.05, 3.63) is 17.7 Å². The number of nitrogens with one attached hydrogen (secondary N) is 3. The Labute approximate surface area is 90.9 Å². The van der Waals surface area contributed by atoms with Crippen molar-refractivity contribution in [2.75, 3.05) is 13.1 Å². The van der Waals surface area contributed by atoms with E-state index in [2.05, 4.69) is 27.5 Å². The van der Waals surface area contributed by atoms with E-state index in [9.17, 15) is 0 Å².